The van der Waals surface area contributed by atoms with Gasteiger partial charge in [-0.25, -0.2) is 8.78 Å². The fourth-order valence-electron chi connectivity index (χ4n) is 2.56. The molecule has 2 aromatic rings. The van der Waals surface area contributed by atoms with Gasteiger partial charge in [0.1, 0.15) is 5.75 Å². The molecule has 2 N–H and O–H groups in total. The first-order chi connectivity index (χ1) is 9.92. The van der Waals surface area contributed by atoms with Gasteiger partial charge in [-0.05, 0) is 54.7 Å². The lowest BCUT2D eigenvalue weighted by atomic mass is 9.96. The normalized spacial score (nSPS) is 12.3. The number of benzene rings is 2. The molecule has 0 spiro atoms. The van der Waals surface area contributed by atoms with Crippen molar-refractivity contribution in [2.75, 3.05) is 7.11 Å². The van der Waals surface area contributed by atoms with Gasteiger partial charge in [0.05, 0.1) is 7.11 Å². The second-order valence-corrected chi connectivity index (χ2v) is 5.25. The summed E-state index contributed by atoms with van der Waals surface area (Å²) in [5.74, 6) is -0.843. The van der Waals surface area contributed by atoms with Crippen molar-refractivity contribution in [2.45, 2.75) is 26.3 Å². The third kappa shape index (κ3) is 3.39. The number of aryl methyl sites for hydroxylation is 2. The molecule has 0 aliphatic carbocycles. The summed E-state index contributed by atoms with van der Waals surface area (Å²) in [7, 11) is 1.64. The quantitative estimate of drug-likeness (QED) is 0.929. The molecule has 0 aromatic heterocycles. The van der Waals surface area contributed by atoms with E-state index in [4.69, 9.17) is 10.5 Å². The monoisotopic (exact) mass is 291 g/mol. The number of halogens is 2. The Bertz CT molecular complexity index is 632. The molecule has 0 aliphatic heterocycles. The van der Waals surface area contributed by atoms with Crippen molar-refractivity contribution in [3.63, 3.8) is 0 Å². The Labute approximate surface area is 123 Å². The first kappa shape index (κ1) is 15.4. The van der Waals surface area contributed by atoms with E-state index in [9.17, 15) is 8.78 Å². The first-order valence-electron chi connectivity index (χ1n) is 6.77. The molecule has 0 radical (unpaired) electrons. The minimum absolute atomic E-state index is 0.279. The van der Waals surface area contributed by atoms with Gasteiger partial charge in [0.2, 0.25) is 0 Å². The van der Waals surface area contributed by atoms with Crippen LogP contribution in [-0.4, -0.2) is 7.11 Å². The van der Waals surface area contributed by atoms with Gasteiger partial charge < -0.3 is 10.5 Å². The minimum atomic E-state index is -0.846. The fraction of sp³-hybridized carbons (Fsp3) is 0.294. The van der Waals surface area contributed by atoms with Gasteiger partial charge in [-0.1, -0.05) is 18.2 Å². The minimum Gasteiger partial charge on any atom is -0.496 e. The Morgan fingerprint density at radius 3 is 2.19 bits per heavy atom. The van der Waals surface area contributed by atoms with Crippen molar-refractivity contribution >= 4 is 0 Å². The number of rotatable bonds is 4. The van der Waals surface area contributed by atoms with E-state index in [1.165, 1.54) is 6.07 Å². The molecule has 2 rings (SSSR count). The van der Waals surface area contributed by atoms with Crippen molar-refractivity contribution < 1.29 is 13.5 Å². The van der Waals surface area contributed by atoms with E-state index in [1.54, 1.807) is 13.2 Å². The molecule has 0 aliphatic rings. The lowest BCUT2D eigenvalue weighted by molar-refractivity contribution is 0.408. The predicted molar refractivity (Wildman–Crippen MR) is 79.5 cm³/mol. The van der Waals surface area contributed by atoms with Crippen molar-refractivity contribution in [1.29, 1.82) is 0 Å². The summed E-state index contributed by atoms with van der Waals surface area (Å²) in [5.41, 5.74) is 9.83. The van der Waals surface area contributed by atoms with E-state index in [-0.39, 0.29) is 6.04 Å². The van der Waals surface area contributed by atoms with Gasteiger partial charge >= 0.3 is 0 Å². The molecular weight excluding hydrogens is 272 g/mol. The van der Waals surface area contributed by atoms with Gasteiger partial charge in [-0.15, -0.1) is 0 Å². The topological polar surface area (TPSA) is 35.2 Å². The van der Waals surface area contributed by atoms with E-state index in [0.717, 1.165) is 28.5 Å². The van der Waals surface area contributed by atoms with Crippen LogP contribution in [0.1, 0.15) is 28.3 Å². The van der Waals surface area contributed by atoms with E-state index in [0.29, 0.717) is 12.0 Å². The summed E-state index contributed by atoms with van der Waals surface area (Å²) < 4.78 is 31.5. The molecule has 4 heteroatoms. The molecule has 1 unspecified atom stereocenters. The second kappa shape index (κ2) is 6.22. The maximum absolute atomic E-state index is 13.2. The van der Waals surface area contributed by atoms with Gasteiger partial charge in [0, 0.05) is 6.04 Å². The molecule has 0 fully saturated rings. The SMILES string of the molecule is COc1c(C)cc(C(N)Cc2ccc(F)c(F)c2)cc1C. The van der Waals surface area contributed by atoms with Crippen LogP contribution >= 0.6 is 0 Å². The average molecular weight is 291 g/mol. The lowest BCUT2D eigenvalue weighted by Crippen LogP contribution is -2.14. The first-order valence-corrected chi connectivity index (χ1v) is 6.77. The highest BCUT2D eigenvalue weighted by molar-refractivity contribution is 5.44. The Hall–Kier alpha value is -1.94. The summed E-state index contributed by atoms with van der Waals surface area (Å²) >= 11 is 0. The van der Waals surface area contributed by atoms with Gasteiger partial charge in [-0.2, -0.15) is 0 Å². The van der Waals surface area contributed by atoms with Crippen LogP contribution in [0.4, 0.5) is 8.78 Å². The number of methoxy groups -OCH3 is 1. The molecule has 21 heavy (non-hydrogen) atoms. The molecule has 112 valence electrons. The maximum Gasteiger partial charge on any atom is 0.159 e. The third-order valence-corrected chi connectivity index (χ3v) is 3.55. The zero-order chi connectivity index (χ0) is 15.6. The van der Waals surface area contributed by atoms with Gasteiger partial charge in [-0.3, -0.25) is 0 Å². The summed E-state index contributed by atoms with van der Waals surface area (Å²) in [4.78, 5) is 0. The van der Waals surface area contributed by atoms with Crippen LogP contribution in [0, 0.1) is 25.5 Å². The Balaban J connectivity index is 2.24. The van der Waals surface area contributed by atoms with Gasteiger partial charge in [0.25, 0.3) is 0 Å². The summed E-state index contributed by atoms with van der Waals surface area (Å²) in [6.07, 6.45) is 0.447. The molecule has 1 atom stereocenters. The van der Waals surface area contributed by atoms with Crippen molar-refractivity contribution in [3.05, 3.63) is 64.2 Å². The highest BCUT2D eigenvalue weighted by Crippen LogP contribution is 2.27. The molecule has 0 heterocycles. The fourth-order valence-corrected chi connectivity index (χ4v) is 2.56. The van der Waals surface area contributed by atoms with Crippen LogP contribution in [0.25, 0.3) is 0 Å². The third-order valence-electron chi connectivity index (χ3n) is 3.55. The van der Waals surface area contributed by atoms with Crippen LogP contribution in [0.2, 0.25) is 0 Å². The van der Waals surface area contributed by atoms with Crippen LogP contribution in [0.5, 0.6) is 5.75 Å². The standard InChI is InChI=1S/C17H19F2NO/c1-10-6-13(7-11(2)17(10)21-3)16(20)9-12-4-5-14(18)15(19)8-12/h4-8,16H,9,20H2,1-3H3. The highest BCUT2D eigenvalue weighted by atomic mass is 19.2. The van der Waals surface area contributed by atoms with Crippen molar-refractivity contribution in [2.24, 2.45) is 5.73 Å². The zero-order valence-electron chi connectivity index (χ0n) is 12.4. The number of hydrogen-bond donors (Lipinski definition) is 1. The molecule has 0 saturated carbocycles. The van der Waals surface area contributed by atoms with Crippen LogP contribution in [0.3, 0.4) is 0 Å². The molecule has 0 bridgehead atoms. The average Bonchev–Trinajstić information content (AvgIpc) is 2.42. The highest BCUT2D eigenvalue weighted by Gasteiger charge is 2.13. The van der Waals surface area contributed by atoms with Crippen LogP contribution in [0.15, 0.2) is 30.3 Å². The largest absolute Gasteiger partial charge is 0.496 e. The maximum atomic E-state index is 13.2. The number of hydrogen-bond acceptors (Lipinski definition) is 2. The predicted octanol–water partition coefficient (Wildman–Crippen LogP) is 3.83. The lowest BCUT2D eigenvalue weighted by Gasteiger charge is -2.16. The molecular formula is C17H19F2NO. The Morgan fingerprint density at radius 2 is 1.67 bits per heavy atom. The van der Waals surface area contributed by atoms with E-state index in [1.807, 2.05) is 26.0 Å². The van der Waals surface area contributed by atoms with E-state index < -0.39 is 11.6 Å². The number of nitrogens with two attached hydrogens (primary N) is 1. The number of ether oxygens (including phenoxy) is 1. The van der Waals surface area contributed by atoms with Crippen molar-refractivity contribution in [1.82, 2.24) is 0 Å². The van der Waals surface area contributed by atoms with Gasteiger partial charge in [0.15, 0.2) is 11.6 Å². The second-order valence-electron chi connectivity index (χ2n) is 5.25. The van der Waals surface area contributed by atoms with Crippen LogP contribution in [-0.2, 0) is 6.42 Å². The van der Waals surface area contributed by atoms with Crippen molar-refractivity contribution in [3.8, 4) is 5.75 Å². The summed E-state index contributed by atoms with van der Waals surface area (Å²) in [6.45, 7) is 3.92. The van der Waals surface area contributed by atoms with Crippen LogP contribution < -0.4 is 10.5 Å². The zero-order valence-corrected chi connectivity index (χ0v) is 12.4. The molecule has 2 aromatic carbocycles. The Morgan fingerprint density at radius 1 is 1.05 bits per heavy atom. The smallest absolute Gasteiger partial charge is 0.159 e. The summed E-state index contributed by atoms with van der Waals surface area (Å²) in [5, 5.41) is 0. The molecule has 0 saturated heterocycles. The van der Waals surface area contributed by atoms with E-state index in [2.05, 4.69) is 0 Å². The summed E-state index contributed by atoms with van der Waals surface area (Å²) in [6, 6.07) is 7.53. The molecule has 0 amide bonds. The molecule has 2 nitrogen and oxygen atoms in total. The Kier molecular flexibility index (Phi) is 4.58. The van der Waals surface area contributed by atoms with E-state index >= 15 is 0 Å².